The van der Waals surface area contributed by atoms with Crippen LogP contribution in [0.3, 0.4) is 0 Å². The van der Waals surface area contributed by atoms with Crippen LogP contribution in [0.1, 0.15) is 19.8 Å². The molecule has 0 atom stereocenters. The van der Waals surface area contributed by atoms with Crippen molar-refractivity contribution in [1.82, 2.24) is 9.97 Å². The molecular weight excluding hydrogens is 248 g/mol. The van der Waals surface area contributed by atoms with Gasteiger partial charge in [-0.15, -0.1) is 0 Å². The highest BCUT2D eigenvalue weighted by Crippen LogP contribution is 2.31. The van der Waals surface area contributed by atoms with Gasteiger partial charge in [0.25, 0.3) is 0 Å². The fourth-order valence-electron chi connectivity index (χ4n) is 2.15. The van der Waals surface area contributed by atoms with Crippen LogP contribution in [0.5, 0.6) is 0 Å². The lowest BCUT2D eigenvalue weighted by molar-refractivity contribution is 0.510. The third-order valence-corrected chi connectivity index (χ3v) is 3.45. The zero-order valence-corrected chi connectivity index (χ0v) is 10.7. The molecule has 1 aliphatic carbocycles. The largest absolute Gasteiger partial charge is 0.355 e. The van der Waals surface area contributed by atoms with Crippen molar-refractivity contribution in [3.63, 3.8) is 0 Å². The minimum absolute atomic E-state index is 0.380. The van der Waals surface area contributed by atoms with E-state index in [1.807, 2.05) is 0 Å². The smallest absolute Gasteiger partial charge is 0.161 e. The number of benzene rings is 1. The molecule has 3 nitrogen and oxygen atoms in total. The first-order valence-corrected chi connectivity index (χ1v) is 6.54. The lowest BCUT2D eigenvalue weighted by atomic mass is 10.3. The molecule has 3 rings (SSSR count). The summed E-state index contributed by atoms with van der Waals surface area (Å²) in [5.41, 5.74) is 0.774. The Bertz CT molecular complexity index is 611. The number of halogens is 2. The van der Waals surface area contributed by atoms with Gasteiger partial charge in [-0.1, -0.05) is 0 Å². The summed E-state index contributed by atoms with van der Waals surface area (Å²) in [5, 5.41) is 0. The molecule has 0 amide bonds. The first-order valence-electron chi connectivity index (χ1n) is 6.54. The van der Waals surface area contributed by atoms with Crippen molar-refractivity contribution < 1.29 is 8.78 Å². The molecule has 0 unspecified atom stereocenters. The van der Waals surface area contributed by atoms with E-state index in [4.69, 9.17) is 0 Å². The number of aromatic nitrogens is 2. The van der Waals surface area contributed by atoms with Crippen LogP contribution in [0, 0.1) is 17.6 Å². The molecule has 1 aromatic carbocycles. The standard InChI is InChI=1S/C14H15F2N3/c1-2-19(8-9-3-4-9)14-7-17-12-5-10(15)11(16)6-13(12)18-14/h5-7,9H,2-4,8H2,1H3. The summed E-state index contributed by atoms with van der Waals surface area (Å²) in [6.07, 6.45) is 4.15. The molecule has 19 heavy (non-hydrogen) atoms. The van der Waals surface area contributed by atoms with E-state index in [-0.39, 0.29) is 0 Å². The second-order valence-corrected chi connectivity index (χ2v) is 4.97. The highest BCUT2D eigenvalue weighted by Gasteiger charge is 2.24. The molecule has 1 fully saturated rings. The number of fused-ring (bicyclic) bond motifs is 1. The molecule has 0 N–H and O–H groups in total. The van der Waals surface area contributed by atoms with Crippen molar-refractivity contribution in [3.8, 4) is 0 Å². The number of rotatable bonds is 4. The van der Waals surface area contributed by atoms with E-state index in [1.54, 1.807) is 6.20 Å². The maximum Gasteiger partial charge on any atom is 0.161 e. The van der Waals surface area contributed by atoms with Crippen LogP contribution < -0.4 is 4.90 Å². The fraction of sp³-hybridized carbons (Fsp3) is 0.429. The molecule has 0 bridgehead atoms. The Hall–Kier alpha value is -1.78. The van der Waals surface area contributed by atoms with Crippen molar-refractivity contribution in [2.45, 2.75) is 19.8 Å². The molecule has 1 aliphatic rings. The maximum atomic E-state index is 13.2. The van der Waals surface area contributed by atoms with E-state index in [9.17, 15) is 8.78 Å². The first kappa shape index (κ1) is 12.3. The Kier molecular flexibility index (Phi) is 3.05. The maximum absolute atomic E-state index is 13.2. The zero-order chi connectivity index (χ0) is 13.4. The highest BCUT2D eigenvalue weighted by molar-refractivity contribution is 5.75. The van der Waals surface area contributed by atoms with E-state index in [0.717, 1.165) is 37.0 Å². The molecular formula is C14H15F2N3. The van der Waals surface area contributed by atoms with Crippen molar-refractivity contribution in [3.05, 3.63) is 30.0 Å². The average molecular weight is 263 g/mol. The summed E-state index contributed by atoms with van der Waals surface area (Å²) in [4.78, 5) is 10.7. The van der Waals surface area contributed by atoms with Gasteiger partial charge in [-0.2, -0.15) is 0 Å². The van der Waals surface area contributed by atoms with Crippen molar-refractivity contribution in [2.24, 2.45) is 5.92 Å². The Morgan fingerprint density at radius 3 is 2.53 bits per heavy atom. The average Bonchev–Trinajstić information content (AvgIpc) is 3.21. The molecule has 1 saturated carbocycles. The Morgan fingerprint density at radius 1 is 1.21 bits per heavy atom. The van der Waals surface area contributed by atoms with E-state index in [0.29, 0.717) is 11.0 Å². The van der Waals surface area contributed by atoms with Gasteiger partial charge in [-0.25, -0.2) is 13.8 Å². The number of nitrogens with zero attached hydrogens (tertiary/aromatic N) is 3. The Balaban J connectivity index is 1.97. The van der Waals surface area contributed by atoms with Crippen LogP contribution in [-0.2, 0) is 0 Å². The summed E-state index contributed by atoms with van der Waals surface area (Å²) < 4.78 is 26.3. The molecule has 0 radical (unpaired) electrons. The van der Waals surface area contributed by atoms with Crippen LogP contribution in [0.2, 0.25) is 0 Å². The number of anilines is 1. The third kappa shape index (κ3) is 2.50. The van der Waals surface area contributed by atoms with Crippen molar-refractivity contribution >= 4 is 16.9 Å². The predicted octanol–water partition coefficient (Wildman–Crippen LogP) is 3.14. The van der Waals surface area contributed by atoms with Gasteiger partial charge < -0.3 is 4.90 Å². The molecule has 0 saturated heterocycles. The lowest BCUT2D eigenvalue weighted by Crippen LogP contribution is -2.26. The Morgan fingerprint density at radius 2 is 1.89 bits per heavy atom. The van der Waals surface area contributed by atoms with Gasteiger partial charge in [-0.05, 0) is 25.7 Å². The third-order valence-electron chi connectivity index (χ3n) is 3.45. The number of hydrogen-bond donors (Lipinski definition) is 0. The summed E-state index contributed by atoms with van der Waals surface area (Å²) >= 11 is 0. The number of hydrogen-bond acceptors (Lipinski definition) is 3. The van der Waals surface area contributed by atoms with Gasteiger partial charge in [0.2, 0.25) is 0 Å². The van der Waals surface area contributed by atoms with Crippen LogP contribution in [0.15, 0.2) is 18.3 Å². The van der Waals surface area contributed by atoms with Crippen LogP contribution in [0.25, 0.3) is 11.0 Å². The molecule has 0 aliphatic heterocycles. The van der Waals surface area contributed by atoms with Gasteiger partial charge in [-0.3, -0.25) is 4.98 Å². The predicted molar refractivity (Wildman–Crippen MR) is 70.1 cm³/mol. The van der Waals surface area contributed by atoms with Gasteiger partial charge >= 0.3 is 0 Å². The lowest BCUT2D eigenvalue weighted by Gasteiger charge is -2.21. The molecule has 0 spiro atoms. The van der Waals surface area contributed by atoms with E-state index in [1.165, 1.54) is 12.8 Å². The molecule has 1 aromatic heterocycles. The first-order chi connectivity index (χ1) is 9.17. The molecule has 5 heteroatoms. The minimum Gasteiger partial charge on any atom is -0.355 e. The summed E-state index contributed by atoms with van der Waals surface area (Å²) in [7, 11) is 0. The van der Waals surface area contributed by atoms with E-state index >= 15 is 0 Å². The van der Waals surface area contributed by atoms with Crippen LogP contribution in [-0.4, -0.2) is 23.1 Å². The van der Waals surface area contributed by atoms with Gasteiger partial charge in [0, 0.05) is 25.2 Å². The second-order valence-electron chi connectivity index (χ2n) is 4.97. The fourth-order valence-corrected chi connectivity index (χ4v) is 2.15. The van der Waals surface area contributed by atoms with Gasteiger partial charge in [0.05, 0.1) is 17.2 Å². The summed E-state index contributed by atoms with van der Waals surface area (Å²) in [6.45, 7) is 3.85. The Labute approximate surface area is 110 Å². The summed E-state index contributed by atoms with van der Waals surface area (Å²) in [5.74, 6) is -0.306. The highest BCUT2D eigenvalue weighted by atomic mass is 19.2. The van der Waals surface area contributed by atoms with E-state index < -0.39 is 11.6 Å². The zero-order valence-electron chi connectivity index (χ0n) is 10.7. The topological polar surface area (TPSA) is 29.0 Å². The normalized spacial score (nSPS) is 14.9. The molecule has 2 aromatic rings. The van der Waals surface area contributed by atoms with Crippen molar-refractivity contribution in [2.75, 3.05) is 18.0 Å². The SMILES string of the molecule is CCN(CC1CC1)c1cnc2cc(F)c(F)cc2n1. The minimum atomic E-state index is -0.889. The quantitative estimate of drug-likeness (QED) is 0.848. The second kappa shape index (κ2) is 4.72. The van der Waals surface area contributed by atoms with Crippen LogP contribution >= 0.6 is 0 Å². The van der Waals surface area contributed by atoms with Gasteiger partial charge in [0.15, 0.2) is 11.6 Å². The van der Waals surface area contributed by atoms with E-state index in [2.05, 4.69) is 21.8 Å². The monoisotopic (exact) mass is 263 g/mol. The summed E-state index contributed by atoms with van der Waals surface area (Å²) in [6, 6.07) is 2.19. The molecule has 100 valence electrons. The van der Waals surface area contributed by atoms with Gasteiger partial charge in [0.1, 0.15) is 5.82 Å². The molecule has 1 heterocycles. The van der Waals surface area contributed by atoms with Crippen molar-refractivity contribution in [1.29, 1.82) is 0 Å². The van der Waals surface area contributed by atoms with Crippen LogP contribution in [0.4, 0.5) is 14.6 Å².